The zero-order chi connectivity index (χ0) is 14.4. The maximum absolute atomic E-state index is 11.7. The van der Waals surface area contributed by atoms with E-state index < -0.39 is 0 Å². The molecule has 1 amide bonds. The van der Waals surface area contributed by atoms with E-state index in [2.05, 4.69) is 5.32 Å². The number of esters is 1. The maximum atomic E-state index is 11.7. The summed E-state index contributed by atoms with van der Waals surface area (Å²) in [4.78, 5) is 24.4. The first-order valence-corrected chi connectivity index (χ1v) is 5.96. The summed E-state index contributed by atoms with van der Waals surface area (Å²) in [5.74, 6) is -0.473. The predicted molar refractivity (Wildman–Crippen MR) is 74.0 cm³/mol. The van der Waals surface area contributed by atoms with Gasteiger partial charge in [0, 0.05) is 19.7 Å². The molecule has 1 rings (SSSR count). The minimum Gasteiger partial charge on any atom is -0.465 e. The number of anilines is 2. The molecule has 0 aliphatic carbocycles. The lowest BCUT2D eigenvalue weighted by molar-refractivity contribution is -0.140. The number of nitrogens with two attached hydrogens (primary N) is 1. The molecule has 0 atom stereocenters. The Morgan fingerprint density at radius 2 is 2.05 bits per heavy atom. The van der Waals surface area contributed by atoms with E-state index in [4.69, 9.17) is 10.5 Å². The fourth-order valence-electron chi connectivity index (χ4n) is 1.49. The smallest absolute Gasteiger partial charge is 0.325 e. The topological polar surface area (TPSA) is 84.7 Å². The molecule has 0 saturated heterocycles. The van der Waals surface area contributed by atoms with Crippen molar-refractivity contribution in [3.63, 3.8) is 0 Å². The van der Waals surface area contributed by atoms with Gasteiger partial charge < -0.3 is 20.7 Å². The first-order chi connectivity index (χ1) is 8.95. The molecule has 0 saturated carbocycles. The van der Waals surface area contributed by atoms with Gasteiger partial charge >= 0.3 is 5.97 Å². The second-order valence-electron chi connectivity index (χ2n) is 4.16. The molecule has 6 nitrogen and oxygen atoms in total. The summed E-state index contributed by atoms with van der Waals surface area (Å²) in [6, 6.07) is 4.91. The van der Waals surface area contributed by atoms with Gasteiger partial charge in [-0.1, -0.05) is 0 Å². The molecule has 0 bridgehead atoms. The van der Waals surface area contributed by atoms with Crippen LogP contribution in [0.1, 0.15) is 17.3 Å². The fourth-order valence-corrected chi connectivity index (χ4v) is 1.49. The predicted octanol–water partition coefficient (Wildman–Crippen LogP) is 0.946. The maximum Gasteiger partial charge on any atom is 0.325 e. The molecule has 6 heteroatoms. The summed E-state index contributed by atoms with van der Waals surface area (Å²) in [7, 11) is 3.34. The standard InChI is InChI=1S/C13H19N3O3/c1-4-19-12(17)8-15-11-6-5-9(7-10(11)14)13(18)16(2)3/h5-7,15H,4,8,14H2,1-3H3. The van der Waals surface area contributed by atoms with Crippen LogP contribution in [0.25, 0.3) is 0 Å². The molecule has 0 aliphatic heterocycles. The lowest BCUT2D eigenvalue weighted by Crippen LogP contribution is -2.22. The lowest BCUT2D eigenvalue weighted by Gasteiger charge is -2.13. The number of benzene rings is 1. The van der Waals surface area contributed by atoms with Crippen molar-refractivity contribution in [2.45, 2.75) is 6.92 Å². The number of hydrogen-bond donors (Lipinski definition) is 2. The number of carbonyl (C=O) groups is 2. The number of ether oxygens (including phenoxy) is 1. The van der Waals surface area contributed by atoms with E-state index >= 15 is 0 Å². The van der Waals surface area contributed by atoms with Gasteiger partial charge in [0.25, 0.3) is 5.91 Å². The average Bonchev–Trinajstić information content (AvgIpc) is 2.36. The number of carbonyl (C=O) groups excluding carboxylic acids is 2. The molecule has 104 valence electrons. The van der Waals surface area contributed by atoms with Crippen LogP contribution in [0.2, 0.25) is 0 Å². The van der Waals surface area contributed by atoms with Crippen LogP contribution in [0.15, 0.2) is 18.2 Å². The molecular weight excluding hydrogens is 246 g/mol. The van der Waals surface area contributed by atoms with E-state index in [1.807, 2.05) is 0 Å². The molecule has 19 heavy (non-hydrogen) atoms. The molecule has 0 aromatic heterocycles. The van der Waals surface area contributed by atoms with E-state index in [0.29, 0.717) is 23.5 Å². The van der Waals surface area contributed by atoms with E-state index in [-0.39, 0.29) is 18.4 Å². The second-order valence-corrected chi connectivity index (χ2v) is 4.16. The molecule has 0 aliphatic rings. The van der Waals surface area contributed by atoms with Crippen LogP contribution in [-0.2, 0) is 9.53 Å². The molecule has 0 spiro atoms. The number of amides is 1. The van der Waals surface area contributed by atoms with Crippen molar-refractivity contribution >= 4 is 23.3 Å². The Balaban J connectivity index is 2.72. The Bertz CT molecular complexity index is 472. The molecule has 0 radical (unpaired) electrons. The van der Waals surface area contributed by atoms with Crippen molar-refractivity contribution in [1.29, 1.82) is 0 Å². The lowest BCUT2D eigenvalue weighted by atomic mass is 10.1. The Kier molecular flexibility index (Phi) is 5.17. The third kappa shape index (κ3) is 4.17. The number of nitrogen functional groups attached to an aromatic ring is 1. The van der Waals surface area contributed by atoms with E-state index in [9.17, 15) is 9.59 Å². The van der Waals surface area contributed by atoms with Crippen LogP contribution in [0.5, 0.6) is 0 Å². The van der Waals surface area contributed by atoms with Crippen LogP contribution >= 0.6 is 0 Å². The summed E-state index contributed by atoms with van der Waals surface area (Å²) < 4.78 is 4.79. The van der Waals surface area contributed by atoms with Crippen molar-refractivity contribution in [2.75, 3.05) is 38.3 Å². The summed E-state index contributed by atoms with van der Waals surface area (Å²) >= 11 is 0. The summed E-state index contributed by atoms with van der Waals surface area (Å²) in [6.45, 7) is 2.12. The van der Waals surface area contributed by atoms with Gasteiger partial charge in [-0.2, -0.15) is 0 Å². The zero-order valence-corrected chi connectivity index (χ0v) is 11.4. The number of nitrogens with one attached hydrogen (secondary N) is 1. The van der Waals surface area contributed by atoms with E-state index in [0.717, 1.165) is 0 Å². The Hall–Kier alpha value is -2.24. The van der Waals surface area contributed by atoms with Crippen molar-refractivity contribution in [3.05, 3.63) is 23.8 Å². The first kappa shape index (κ1) is 14.8. The van der Waals surface area contributed by atoms with Crippen LogP contribution in [0, 0.1) is 0 Å². The summed E-state index contributed by atoms with van der Waals surface area (Å²) in [5.41, 5.74) is 7.35. The van der Waals surface area contributed by atoms with Crippen molar-refractivity contribution in [3.8, 4) is 0 Å². The third-order valence-electron chi connectivity index (χ3n) is 2.43. The molecule has 0 unspecified atom stereocenters. The Morgan fingerprint density at radius 3 is 2.58 bits per heavy atom. The first-order valence-electron chi connectivity index (χ1n) is 5.96. The summed E-state index contributed by atoms with van der Waals surface area (Å²) in [5, 5.41) is 2.87. The van der Waals surface area contributed by atoms with Gasteiger partial charge in [0.15, 0.2) is 0 Å². The van der Waals surface area contributed by atoms with Crippen molar-refractivity contribution in [1.82, 2.24) is 4.90 Å². The average molecular weight is 265 g/mol. The molecule has 1 aromatic carbocycles. The highest BCUT2D eigenvalue weighted by atomic mass is 16.5. The highest BCUT2D eigenvalue weighted by Crippen LogP contribution is 2.20. The van der Waals surface area contributed by atoms with Crippen LogP contribution in [0.3, 0.4) is 0 Å². The number of rotatable bonds is 5. The van der Waals surface area contributed by atoms with Gasteiger partial charge in [0.1, 0.15) is 6.54 Å². The molecule has 3 N–H and O–H groups in total. The highest BCUT2D eigenvalue weighted by Gasteiger charge is 2.10. The van der Waals surface area contributed by atoms with Gasteiger partial charge in [0.05, 0.1) is 18.0 Å². The Labute approximate surface area is 112 Å². The summed E-state index contributed by atoms with van der Waals surface area (Å²) in [6.07, 6.45) is 0. The van der Waals surface area contributed by atoms with Crippen molar-refractivity contribution < 1.29 is 14.3 Å². The van der Waals surface area contributed by atoms with Crippen LogP contribution < -0.4 is 11.1 Å². The van der Waals surface area contributed by atoms with Gasteiger partial charge in [-0.3, -0.25) is 9.59 Å². The van der Waals surface area contributed by atoms with Crippen molar-refractivity contribution in [2.24, 2.45) is 0 Å². The largest absolute Gasteiger partial charge is 0.465 e. The van der Waals surface area contributed by atoms with Gasteiger partial charge in [0.2, 0.25) is 0 Å². The number of hydrogen-bond acceptors (Lipinski definition) is 5. The molecule has 0 fully saturated rings. The SMILES string of the molecule is CCOC(=O)CNc1ccc(C(=O)N(C)C)cc1N. The van der Waals surface area contributed by atoms with Crippen LogP contribution in [-0.4, -0.2) is 44.0 Å². The molecule has 0 heterocycles. The van der Waals surface area contributed by atoms with Crippen LogP contribution in [0.4, 0.5) is 11.4 Å². The third-order valence-corrected chi connectivity index (χ3v) is 2.43. The Morgan fingerprint density at radius 1 is 1.37 bits per heavy atom. The molecule has 1 aromatic rings. The minimum absolute atomic E-state index is 0.0407. The van der Waals surface area contributed by atoms with Gasteiger partial charge in [-0.05, 0) is 25.1 Å². The fraction of sp³-hybridized carbons (Fsp3) is 0.385. The second kappa shape index (κ2) is 6.63. The minimum atomic E-state index is -0.352. The van der Waals surface area contributed by atoms with E-state index in [1.54, 1.807) is 39.2 Å². The quantitative estimate of drug-likeness (QED) is 0.611. The molecular formula is C13H19N3O3. The van der Waals surface area contributed by atoms with Gasteiger partial charge in [-0.15, -0.1) is 0 Å². The number of nitrogens with zero attached hydrogens (tertiary/aromatic N) is 1. The normalized spacial score (nSPS) is 9.84. The highest BCUT2D eigenvalue weighted by molar-refractivity contribution is 5.96. The van der Waals surface area contributed by atoms with E-state index in [1.165, 1.54) is 4.90 Å². The monoisotopic (exact) mass is 265 g/mol. The zero-order valence-electron chi connectivity index (χ0n) is 11.4. The van der Waals surface area contributed by atoms with Gasteiger partial charge in [-0.25, -0.2) is 0 Å².